The molecule has 24 heavy (non-hydrogen) atoms. The lowest BCUT2D eigenvalue weighted by Crippen LogP contribution is -2.44. The molecule has 0 radical (unpaired) electrons. The van der Waals surface area contributed by atoms with E-state index in [1.165, 1.54) is 36.1 Å². The summed E-state index contributed by atoms with van der Waals surface area (Å²) in [5.41, 5.74) is 0.168. The zero-order valence-electron chi connectivity index (χ0n) is 13.9. The van der Waals surface area contributed by atoms with Gasteiger partial charge >= 0.3 is 5.97 Å². The van der Waals surface area contributed by atoms with Crippen molar-refractivity contribution in [3.05, 3.63) is 29.8 Å². The number of sulfonamides is 1. The van der Waals surface area contributed by atoms with Gasteiger partial charge in [-0.25, -0.2) is 17.9 Å². The minimum atomic E-state index is -3.72. The molecule has 2 rings (SSSR count). The van der Waals surface area contributed by atoms with Crippen LogP contribution in [0, 0.1) is 0 Å². The number of rotatable bonds is 7. The first-order valence-electron chi connectivity index (χ1n) is 7.81. The first-order valence-corrected chi connectivity index (χ1v) is 9.29. The molecule has 7 nitrogen and oxygen atoms in total. The Morgan fingerprint density at radius 2 is 1.88 bits per heavy atom. The van der Waals surface area contributed by atoms with Gasteiger partial charge in [-0.3, -0.25) is 4.79 Å². The average molecular weight is 354 g/mol. The molecule has 1 atom stereocenters. The van der Waals surface area contributed by atoms with Crippen LogP contribution in [0.1, 0.15) is 44.0 Å². The molecule has 0 aliphatic heterocycles. The molecular formula is C16H22N2O5S. The molecule has 8 heteroatoms. The van der Waals surface area contributed by atoms with Crippen LogP contribution < -0.4 is 4.72 Å². The maximum absolute atomic E-state index is 12.7. The lowest BCUT2D eigenvalue weighted by Gasteiger charge is -2.26. The Balaban J connectivity index is 2.33. The quantitative estimate of drug-likeness (QED) is 0.771. The first kappa shape index (κ1) is 18.4. The molecule has 1 aliphatic carbocycles. The standard InChI is InChI=1S/C16H22N2O5S/c1-10(2)17-24(22,23)14-6-4-5-12(9-14)15(19)18(13-7-8-13)11(3)16(20)21/h4-6,9-11,13,17H,7-8H2,1-3H3,(H,20,21). The first-order chi connectivity index (χ1) is 11.1. The minimum absolute atomic E-state index is 0.0132. The zero-order chi connectivity index (χ0) is 18.1. The summed E-state index contributed by atoms with van der Waals surface area (Å²) in [4.78, 5) is 25.3. The highest BCUT2D eigenvalue weighted by Crippen LogP contribution is 2.30. The number of carbonyl (C=O) groups excluding carboxylic acids is 1. The smallest absolute Gasteiger partial charge is 0.326 e. The van der Waals surface area contributed by atoms with E-state index in [4.69, 9.17) is 0 Å². The SMILES string of the molecule is CC(C)NS(=O)(=O)c1cccc(C(=O)N(C2CC2)C(C)C(=O)O)c1. The second-order valence-corrected chi connectivity index (χ2v) is 7.98. The Morgan fingerprint density at radius 1 is 1.25 bits per heavy atom. The van der Waals surface area contributed by atoms with Gasteiger partial charge < -0.3 is 10.0 Å². The number of amides is 1. The van der Waals surface area contributed by atoms with Gasteiger partial charge in [0.15, 0.2) is 0 Å². The molecule has 0 saturated heterocycles. The number of carbonyl (C=O) groups is 2. The fraction of sp³-hybridized carbons (Fsp3) is 0.500. The summed E-state index contributed by atoms with van der Waals surface area (Å²) in [6.07, 6.45) is 1.52. The second kappa shape index (κ2) is 6.90. The zero-order valence-corrected chi connectivity index (χ0v) is 14.7. The van der Waals surface area contributed by atoms with E-state index in [0.717, 1.165) is 12.8 Å². The molecule has 1 aromatic carbocycles. The van der Waals surface area contributed by atoms with Gasteiger partial charge in [0.1, 0.15) is 6.04 Å². The van der Waals surface area contributed by atoms with Crippen LogP contribution in [0.5, 0.6) is 0 Å². The van der Waals surface area contributed by atoms with Gasteiger partial charge in [-0.15, -0.1) is 0 Å². The van der Waals surface area contributed by atoms with E-state index in [9.17, 15) is 23.1 Å². The lowest BCUT2D eigenvalue weighted by molar-refractivity contribution is -0.141. The van der Waals surface area contributed by atoms with E-state index < -0.39 is 27.9 Å². The number of nitrogens with one attached hydrogen (secondary N) is 1. The fourth-order valence-electron chi connectivity index (χ4n) is 2.45. The molecule has 1 saturated carbocycles. The third-order valence-corrected chi connectivity index (χ3v) is 5.39. The molecule has 2 N–H and O–H groups in total. The Bertz CT molecular complexity index is 741. The minimum Gasteiger partial charge on any atom is -0.480 e. The van der Waals surface area contributed by atoms with Crippen molar-refractivity contribution in [3.8, 4) is 0 Å². The fourth-order valence-corrected chi connectivity index (χ4v) is 3.75. The van der Waals surface area contributed by atoms with E-state index >= 15 is 0 Å². The van der Waals surface area contributed by atoms with E-state index in [1.807, 2.05) is 0 Å². The van der Waals surface area contributed by atoms with E-state index in [0.29, 0.717) is 0 Å². The van der Waals surface area contributed by atoms with Crippen LogP contribution in [-0.2, 0) is 14.8 Å². The number of hydrogen-bond acceptors (Lipinski definition) is 4. The van der Waals surface area contributed by atoms with Crippen molar-refractivity contribution in [2.24, 2.45) is 0 Å². The number of hydrogen-bond donors (Lipinski definition) is 2. The molecule has 132 valence electrons. The van der Waals surface area contributed by atoms with Crippen LogP contribution >= 0.6 is 0 Å². The average Bonchev–Trinajstić information content (AvgIpc) is 3.30. The van der Waals surface area contributed by atoms with Crippen LogP contribution in [0.3, 0.4) is 0 Å². The molecule has 1 aromatic rings. The summed E-state index contributed by atoms with van der Waals surface area (Å²) in [7, 11) is -3.72. The highest BCUT2D eigenvalue weighted by molar-refractivity contribution is 7.89. The van der Waals surface area contributed by atoms with Gasteiger partial charge in [0.05, 0.1) is 4.90 Å². The summed E-state index contributed by atoms with van der Waals surface area (Å²) in [6, 6.07) is 4.35. The Labute approximate surface area is 141 Å². The Kier molecular flexibility index (Phi) is 5.29. The summed E-state index contributed by atoms with van der Waals surface area (Å²) in [5, 5.41) is 9.21. The molecule has 1 fully saturated rings. The molecule has 0 aromatic heterocycles. The van der Waals surface area contributed by atoms with Crippen LogP contribution in [-0.4, -0.2) is 48.4 Å². The number of aliphatic carboxylic acids is 1. The van der Waals surface area contributed by atoms with Crippen molar-refractivity contribution in [2.75, 3.05) is 0 Å². The van der Waals surface area contributed by atoms with Crippen molar-refractivity contribution >= 4 is 21.9 Å². The van der Waals surface area contributed by atoms with Crippen molar-refractivity contribution in [3.63, 3.8) is 0 Å². The van der Waals surface area contributed by atoms with Gasteiger partial charge in [0.2, 0.25) is 10.0 Å². The summed E-state index contributed by atoms with van der Waals surface area (Å²) in [6.45, 7) is 4.87. The third kappa shape index (κ3) is 4.12. The van der Waals surface area contributed by atoms with Crippen molar-refractivity contribution < 1.29 is 23.1 Å². The predicted molar refractivity (Wildman–Crippen MR) is 88.2 cm³/mol. The van der Waals surface area contributed by atoms with Crippen LogP contribution in [0.4, 0.5) is 0 Å². The molecule has 1 unspecified atom stereocenters. The topological polar surface area (TPSA) is 104 Å². The molecule has 0 spiro atoms. The number of carboxylic acid groups (broad SMARTS) is 1. The molecule has 1 aliphatic rings. The van der Waals surface area contributed by atoms with Crippen LogP contribution in [0.2, 0.25) is 0 Å². The molecule has 0 bridgehead atoms. The highest BCUT2D eigenvalue weighted by Gasteiger charge is 2.39. The monoisotopic (exact) mass is 354 g/mol. The molecule has 0 heterocycles. The van der Waals surface area contributed by atoms with Gasteiger partial charge in [-0.1, -0.05) is 6.07 Å². The molecular weight excluding hydrogens is 332 g/mol. The van der Waals surface area contributed by atoms with Crippen molar-refractivity contribution in [1.29, 1.82) is 0 Å². The Morgan fingerprint density at radius 3 is 2.38 bits per heavy atom. The van der Waals surface area contributed by atoms with Crippen LogP contribution in [0.25, 0.3) is 0 Å². The maximum atomic E-state index is 12.7. The second-order valence-electron chi connectivity index (χ2n) is 6.26. The largest absolute Gasteiger partial charge is 0.480 e. The van der Waals surface area contributed by atoms with E-state index in [-0.39, 0.29) is 22.5 Å². The lowest BCUT2D eigenvalue weighted by atomic mass is 10.1. The van der Waals surface area contributed by atoms with Gasteiger partial charge in [-0.2, -0.15) is 0 Å². The molecule has 1 amide bonds. The van der Waals surface area contributed by atoms with Crippen molar-refractivity contribution in [2.45, 2.75) is 56.6 Å². The normalized spacial score (nSPS) is 16.0. The third-order valence-electron chi connectivity index (χ3n) is 3.73. The Hall–Kier alpha value is -1.93. The van der Waals surface area contributed by atoms with Crippen LogP contribution in [0.15, 0.2) is 29.2 Å². The van der Waals surface area contributed by atoms with E-state index in [2.05, 4.69) is 4.72 Å². The van der Waals surface area contributed by atoms with Gasteiger partial charge in [-0.05, 0) is 51.8 Å². The van der Waals surface area contributed by atoms with Gasteiger partial charge in [0.25, 0.3) is 5.91 Å². The summed E-state index contributed by atoms with van der Waals surface area (Å²) >= 11 is 0. The highest BCUT2D eigenvalue weighted by atomic mass is 32.2. The number of nitrogens with zero attached hydrogens (tertiary/aromatic N) is 1. The van der Waals surface area contributed by atoms with Gasteiger partial charge in [0, 0.05) is 17.6 Å². The summed E-state index contributed by atoms with van der Waals surface area (Å²) in [5.74, 6) is -1.55. The van der Waals surface area contributed by atoms with E-state index in [1.54, 1.807) is 13.8 Å². The summed E-state index contributed by atoms with van der Waals surface area (Å²) < 4.78 is 27.0. The van der Waals surface area contributed by atoms with Crippen molar-refractivity contribution in [1.82, 2.24) is 9.62 Å². The number of carboxylic acids is 1. The maximum Gasteiger partial charge on any atom is 0.326 e. The number of benzene rings is 1. The predicted octanol–water partition coefficient (Wildman–Crippen LogP) is 1.45.